The van der Waals surface area contributed by atoms with Gasteiger partial charge in [-0.05, 0) is 12.5 Å². The van der Waals surface area contributed by atoms with E-state index < -0.39 is 6.10 Å². The van der Waals surface area contributed by atoms with Crippen LogP contribution in [-0.2, 0) is 11.2 Å². The second-order valence-corrected chi connectivity index (χ2v) is 4.96. The summed E-state index contributed by atoms with van der Waals surface area (Å²) in [5, 5.41) is 12.8. The van der Waals surface area contributed by atoms with Gasteiger partial charge in [0.05, 0.1) is 18.6 Å². The van der Waals surface area contributed by atoms with Crippen LogP contribution >= 0.6 is 0 Å². The maximum atomic E-state index is 12.1. The van der Waals surface area contributed by atoms with Crippen LogP contribution in [0.5, 0.6) is 0 Å². The average molecular weight is 248 g/mol. The van der Waals surface area contributed by atoms with E-state index in [2.05, 4.69) is 5.32 Å². The van der Waals surface area contributed by atoms with E-state index in [-0.39, 0.29) is 11.9 Å². The minimum atomic E-state index is -0.461. The summed E-state index contributed by atoms with van der Waals surface area (Å²) < 4.78 is 0. The van der Waals surface area contributed by atoms with Crippen molar-refractivity contribution in [3.63, 3.8) is 0 Å². The first-order chi connectivity index (χ1) is 8.58. The van der Waals surface area contributed by atoms with E-state index in [9.17, 15) is 9.90 Å². The van der Waals surface area contributed by atoms with Crippen molar-refractivity contribution in [2.45, 2.75) is 25.5 Å². The van der Waals surface area contributed by atoms with Crippen molar-refractivity contribution in [1.82, 2.24) is 10.2 Å². The van der Waals surface area contributed by atoms with Gasteiger partial charge in [-0.2, -0.15) is 0 Å². The molecule has 0 radical (unpaired) electrons. The maximum Gasteiger partial charge on any atom is 0.227 e. The molecular weight excluding hydrogens is 228 g/mol. The molecule has 0 unspecified atom stereocenters. The van der Waals surface area contributed by atoms with Crippen molar-refractivity contribution in [2.75, 3.05) is 20.1 Å². The summed E-state index contributed by atoms with van der Waals surface area (Å²) in [7, 11) is 1.76. The van der Waals surface area contributed by atoms with Crippen molar-refractivity contribution in [3.8, 4) is 0 Å². The molecule has 0 saturated carbocycles. The molecule has 0 bridgehead atoms. The van der Waals surface area contributed by atoms with E-state index in [4.69, 9.17) is 0 Å². The maximum absolute atomic E-state index is 12.1. The fourth-order valence-electron chi connectivity index (χ4n) is 2.24. The van der Waals surface area contributed by atoms with E-state index in [1.807, 2.05) is 31.2 Å². The Hall–Kier alpha value is -1.39. The van der Waals surface area contributed by atoms with Gasteiger partial charge in [-0.25, -0.2) is 0 Å². The second kappa shape index (κ2) is 5.50. The van der Waals surface area contributed by atoms with Crippen molar-refractivity contribution in [2.24, 2.45) is 0 Å². The largest absolute Gasteiger partial charge is 0.390 e. The van der Waals surface area contributed by atoms with Gasteiger partial charge in [0, 0.05) is 20.1 Å². The molecular formula is C14H20N2O2. The Morgan fingerprint density at radius 3 is 2.61 bits per heavy atom. The third-order valence-corrected chi connectivity index (χ3v) is 3.52. The molecule has 0 spiro atoms. The number of carbonyl (C=O) groups excluding carboxylic acids is 1. The fraction of sp³-hybridized carbons (Fsp3) is 0.500. The first-order valence-corrected chi connectivity index (χ1v) is 6.28. The number of hydrogen-bond acceptors (Lipinski definition) is 3. The van der Waals surface area contributed by atoms with Gasteiger partial charge in [-0.1, -0.05) is 29.8 Å². The Morgan fingerprint density at radius 2 is 2.06 bits per heavy atom. The highest BCUT2D eigenvalue weighted by molar-refractivity contribution is 5.79. The van der Waals surface area contributed by atoms with E-state index in [0.717, 1.165) is 5.56 Å². The van der Waals surface area contributed by atoms with E-state index in [0.29, 0.717) is 19.5 Å². The Bertz CT molecular complexity index is 416. The minimum Gasteiger partial charge on any atom is -0.390 e. The molecule has 1 amide bonds. The highest BCUT2D eigenvalue weighted by atomic mass is 16.3. The van der Waals surface area contributed by atoms with E-state index in [1.165, 1.54) is 5.56 Å². The summed E-state index contributed by atoms with van der Waals surface area (Å²) in [5.41, 5.74) is 2.20. The molecule has 1 aliphatic heterocycles. The molecule has 4 nitrogen and oxygen atoms in total. The molecule has 98 valence electrons. The van der Waals surface area contributed by atoms with Gasteiger partial charge in [0.15, 0.2) is 0 Å². The second-order valence-electron chi connectivity index (χ2n) is 4.96. The number of aliphatic hydroxyl groups is 1. The highest BCUT2D eigenvalue weighted by Crippen LogP contribution is 2.11. The lowest BCUT2D eigenvalue weighted by Gasteiger charge is -2.26. The number of hydrogen-bond donors (Lipinski definition) is 2. The first kappa shape index (κ1) is 13.1. The van der Waals surface area contributed by atoms with Crippen LogP contribution in [0.1, 0.15) is 11.1 Å². The molecule has 1 aromatic carbocycles. The van der Waals surface area contributed by atoms with Crippen molar-refractivity contribution >= 4 is 5.91 Å². The van der Waals surface area contributed by atoms with Gasteiger partial charge < -0.3 is 15.3 Å². The number of carbonyl (C=O) groups is 1. The zero-order valence-electron chi connectivity index (χ0n) is 10.9. The van der Waals surface area contributed by atoms with Crippen LogP contribution in [0.3, 0.4) is 0 Å². The molecule has 2 rings (SSSR count). The number of benzene rings is 1. The Morgan fingerprint density at radius 1 is 1.39 bits per heavy atom. The quantitative estimate of drug-likeness (QED) is 0.810. The molecule has 0 aromatic heterocycles. The standard InChI is InChI=1S/C14H20N2O2/c1-10-3-5-11(6-4-10)7-14(18)16(2)12-8-15-9-13(12)17/h3-6,12-13,15,17H,7-9H2,1-2H3/t12-,13-/m0/s1. The van der Waals surface area contributed by atoms with Gasteiger partial charge in [0.2, 0.25) is 5.91 Å². The average Bonchev–Trinajstić information content (AvgIpc) is 2.77. The van der Waals surface area contributed by atoms with Crippen LogP contribution in [0, 0.1) is 6.92 Å². The lowest BCUT2D eigenvalue weighted by atomic mass is 10.1. The first-order valence-electron chi connectivity index (χ1n) is 6.28. The molecule has 1 aromatic rings. The number of nitrogens with zero attached hydrogens (tertiary/aromatic N) is 1. The zero-order valence-corrected chi connectivity index (χ0v) is 10.9. The lowest BCUT2D eigenvalue weighted by Crippen LogP contribution is -2.44. The number of aryl methyl sites for hydroxylation is 1. The number of amides is 1. The van der Waals surface area contributed by atoms with Crippen LogP contribution in [0.4, 0.5) is 0 Å². The molecule has 4 heteroatoms. The summed E-state index contributed by atoms with van der Waals surface area (Å²) in [4.78, 5) is 13.8. The smallest absolute Gasteiger partial charge is 0.227 e. The van der Waals surface area contributed by atoms with Gasteiger partial charge >= 0.3 is 0 Å². The van der Waals surface area contributed by atoms with Crippen LogP contribution in [0.2, 0.25) is 0 Å². The summed E-state index contributed by atoms with van der Waals surface area (Å²) in [6.07, 6.45) is -0.0723. The third-order valence-electron chi connectivity index (χ3n) is 3.52. The highest BCUT2D eigenvalue weighted by Gasteiger charge is 2.30. The molecule has 1 fully saturated rings. The van der Waals surface area contributed by atoms with Gasteiger partial charge in [0.1, 0.15) is 0 Å². The van der Waals surface area contributed by atoms with E-state index >= 15 is 0 Å². The van der Waals surface area contributed by atoms with E-state index in [1.54, 1.807) is 11.9 Å². The number of nitrogens with one attached hydrogen (secondary N) is 1. The summed E-state index contributed by atoms with van der Waals surface area (Å²) in [6.45, 7) is 3.25. The monoisotopic (exact) mass is 248 g/mol. The SMILES string of the molecule is Cc1ccc(CC(=O)N(C)[C@H]2CNC[C@@H]2O)cc1. The molecule has 18 heavy (non-hydrogen) atoms. The minimum absolute atomic E-state index is 0.0478. The van der Waals surface area contributed by atoms with Crippen LogP contribution in [-0.4, -0.2) is 48.2 Å². The number of likely N-dealkylation sites (N-methyl/N-ethyl adjacent to an activating group) is 1. The summed E-state index contributed by atoms with van der Waals surface area (Å²) in [5.74, 6) is 0.0478. The van der Waals surface area contributed by atoms with Gasteiger partial charge in [0.25, 0.3) is 0 Å². The third kappa shape index (κ3) is 2.89. The van der Waals surface area contributed by atoms with Crippen molar-refractivity contribution < 1.29 is 9.90 Å². The van der Waals surface area contributed by atoms with Gasteiger partial charge in [-0.15, -0.1) is 0 Å². The number of aliphatic hydroxyl groups excluding tert-OH is 1. The molecule has 1 aliphatic rings. The van der Waals surface area contributed by atoms with Crippen LogP contribution < -0.4 is 5.32 Å². The fourth-order valence-corrected chi connectivity index (χ4v) is 2.24. The zero-order chi connectivity index (χ0) is 13.1. The molecule has 2 N–H and O–H groups in total. The predicted molar refractivity (Wildman–Crippen MR) is 70.3 cm³/mol. The van der Waals surface area contributed by atoms with Crippen LogP contribution in [0.25, 0.3) is 0 Å². The van der Waals surface area contributed by atoms with Crippen LogP contribution in [0.15, 0.2) is 24.3 Å². The normalized spacial score (nSPS) is 23.1. The Balaban J connectivity index is 1.97. The lowest BCUT2D eigenvalue weighted by molar-refractivity contribution is -0.132. The molecule has 2 atom stereocenters. The van der Waals surface area contributed by atoms with Crippen molar-refractivity contribution in [3.05, 3.63) is 35.4 Å². The predicted octanol–water partition coefficient (Wildman–Crippen LogP) is 0.329. The molecule has 0 aliphatic carbocycles. The number of β-amino-alcohol motifs (C(OH)–C–C–N with tert-alkyl or cyclic N) is 1. The van der Waals surface area contributed by atoms with Crippen molar-refractivity contribution in [1.29, 1.82) is 0 Å². The molecule has 1 saturated heterocycles. The summed E-state index contributed by atoms with van der Waals surface area (Å²) >= 11 is 0. The number of rotatable bonds is 3. The van der Waals surface area contributed by atoms with Gasteiger partial charge in [-0.3, -0.25) is 4.79 Å². The Labute approximate surface area is 108 Å². The Kier molecular flexibility index (Phi) is 3.99. The topological polar surface area (TPSA) is 52.6 Å². The molecule has 1 heterocycles. The summed E-state index contributed by atoms with van der Waals surface area (Å²) in [6, 6.07) is 7.86.